The number of anilines is 1. The topological polar surface area (TPSA) is 211 Å². The lowest BCUT2D eigenvalue weighted by Gasteiger charge is -2.26. The fourth-order valence-corrected chi connectivity index (χ4v) is 7.46. The number of rotatable bonds is 17. The molecule has 3 aromatic rings. The predicted octanol–water partition coefficient (Wildman–Crippen LogP) is 4.03. The number of hydrogen-bond acceptors (Lipinski definition) is 14. The number of nitrogens with one attached hydrogen (secondary N) is 2. The number of aromatic nitrogens is 4. The molecular formula is C30H43ClN7O9PS. The average Bonchev–Trinajstić information content (AvgIpc) is 3.58. The Kier molecular flexibility index (Phi) is 13.3. The fraction of sp³-hybridized carbons (Fsp3) is 0.567. The SMILES string of the molecule is CCOc1nc(N)nc2c1ncn2[C@@H]1O[C@H](COP(=O)(NCc2ccccc2)OCCSC(=O)C(C)(C)CCNC(=O)OC)[C@@H](O)[C@@]1(C)Cl. The Hall–Kier alpha value is -3.02. The second-order valence-corrected chi connectivity index (χ2v) is 15.6. The molecule has 4 rings (SSSR count). The maximum atomic E-state index is 14.0. The molecule has 1 saturated heterocycles. The summed E-state index contributed by atoms with van der Waals surface area (Å²) in [5, 5.41) is 16.5. The number of benzene rings is 1. The highest BCUT2D eigenvalue weighted by atomic mass is 35.5. The summed E-state index contributed by atoms with van der Waals surface area (Å²) in [6.45, 7) is 7.22. The Balaban J connectivity index is 1.42. The van der Waals surface area contributed by atoms with Gasteiger partial charge in [-0.3, -0.25) is 18.4 Å². The summed E-state index contributed by atoms with van der Waals surface area (Å²) in [5.74, 6) is 0.328. The van der Waals surface area contributed by atoms with Gasteiger partial charge >= 0.3 is 13.8 Å². The zero-order valence-corrected chi connectivity index (χ0v) is 30.4. The van der Waals surface area contributed by atoms with Gasteiger partial charge in [0, 0.05) is 24.3 Å². The molecule has 2 aromatic heterocycles. The van der Waals surface area contributed by atoms with Crippen LogP contribution in [-0.2, 0) is 34.4 Å². The van der Waals surface area contributed by atoms with Crippen molar-refractivity contribution in [2.24, 2.45) is 5.41 Å². The predicted molar refractivity (Wildman–Crippen MR) is 184 cm³/mol. The van der Waals surface area contributed by atoms with Gasteiger partial charge in [-0.25, -0.2) is 19.4 Å². The molecule has 0 aliphatic carbocycles. The monoisotopic (exact) mass is 743 g/mol. The first kappa shape index (κ1) is 38.8. The van der Waals surface area contributed by atoms with Gasteiger partial charge in [0.15, 0.2) is 22.5 Å². The molecule has 5 N–H and O–H groups in total. The molecule has 1 amide bonds. The molecule has 0 spiro atoms. The molecule has 49 heavy (non-hydrogen) atoms. The van der Waals surface area contributed by atoms with Crippen LogP contribution < -0.4 is 20.9 Å². The summed E-state index contributed by atoms with van der Waals surface area (Å²) in [5.41, 5.74) is 6.61. The van der Waals surface area contributed by atoms with E-state index in [4.69, 9.17) is 35.9 Å². The smallest absolute Gasteiger partial charge is 0.406 e. The van der Waals surface area contributed by atoms with E-state index >= 15 is 0 Å². The fourth-order valence-electron chi connectivity index (χ4n) is 4.89. The molecule has 5 atom stereocenters. The molecule has 0 radical (unpaired) electrons. The van der Waals surface area contributed by atoms with Crippen LogP contribution in [0.25, 0.3) is 11.2 Å². The van der Waals surface area contributed by atoms with Crippen LogP contribution in [0.2, 0.25) is 0 Å². The molecule has 1 aliphatic rings. The number of hydrogen-bond donors (Lipinski definition) is 4. The number of amides is 1. The Morgan fingerprint density at radius 3 is 2.67 bits per heavy atom. The van der Waals surface area contributed by atoms with E-state index in [2.05, 4.69) is 30.1 Å². The average molecular weight is 744 g/mol. The minimum atomic E-state index is -4.02. The quantitative estimate of drug-likeness (QED) is 0.0874. The van der Waals surface area contributed by atoms with Crippen molar-refractivity contribution in [3.63, 3.8) is 0 Å². The largest absolute Gasteiger partial charge is 0.476 e. The molecule has 1 unspecified atom stereocenters. The third-order valence-electron chi connectivity index (χ3n) is 7.72. The van der Waals surface area contributed by atoms with E-state index in [9.17, 15) is 19.3 Å². The van der Waals surface area contributed by atoms with Gasteiger partial charge in [0.2, 0.25) is 11.8 Å². The van der Waals surface area contributed by atoms with Crippen molar-refractivity contribution in [2.45, 2.75) is 64.0 Å². The van der Waals surface area contributed by atoms with Gasteiger partial charge in [-0.1, -0.05) is 55.9 Å². The van der Waals surface area contributed by atoms with Crippen LogP contribution >= 0.6 is 31.1 Å². The first-order chi connectivity index (χ1) is 23.2. The Morgan fingerprint density at radius 1 is 1.24 bits per heavy atom. The van der Waals surface area contributed by atoms with Crippen LogP contribution in [-0.4, -0.2) is 92.1 Å². The van der Waals surface area contributed by atoms with Crippen LogP contribution in [0, 0.1) is 5.41 Å². The zero-order chi connectivity index (χ0) is 35.8. The Labute approximate surface area is 293 Å². The van der Waals surface area contributed by atoms with E-state index in [1.165, 1.54) is 18.0 Å². The van der Waals surface area contributed by atoms with E-state index < -0.39 is 42.6 Å². The highest BCUT2D eigenvalue weighted by Crippen LogP contribution is 2.48. The van der Waals surface area contributed by atoms with Crippen LogP contribution in [0.4, 0.5) is 10.7 Å². The number of nitrogens with two attached hydrogens (primary N) is 1. The number of imidazole rings is 1. The van der Waals surface area contributed by atoms with Crippen molar-refractivity contribution in [1.29, 1.82) is 0 Å². The van der Waals surface area contributed by atoms with Crippen molar-refractivity contribution >= 4 is 59.4 Å². The van der Waals surface area contributed by atoms with Crippen LogP contribution in [0.15, 0.2) is 36.7 Å². The third kappa shape index (κ3) is 9.82. The number of methoxy groups -OCH3 is 1. The van der Waals surface area contributed by atoms with Crippen molar-refractivity contribution in [2.75, 3.05) is 45.0 Å². The molecule has 270 valence electrons. The van der Waals surface area contributed by atoms with Crippen molar-refractivity contribution in [3.05, 3.63) is 42.2 Å². The van der Waals surface area contributed by atoms with Crippen molar-refractivity contribution in [1.82, 2.24) is 29.9 Å². The Bertz CT molecular complexity index is 1630. The number of aliphatic hydroxyl groups excluding tert-OH is 1. The number of ether oxygens (including phenoxy) is 3. The van der Waals surface area contributed by atoms with E-state index in [1.807, 2.05) is 30.3 Å². The van der Waals surface area contributed by atoms with Gasteiger partial charge in [-0.05, 0) is 25.8 Å². The van der Waals surface area contributed by atoms with Gasteiger partial charge < -0.3 is 30.4 Å². The number of fused-ring (bicyclic) bond motifs is 1. The molecule has 0 saturated carbocycles. The van der Waals surface area contributed by atoms with Crippen molar-refractivity contribution < 1.29 is 42.5 Å². The normalized spacial score (nSPS) is 22.1. The van der Waals surface area contributed by atoms with E-state index in [-0.39, 0.29) is 54.6 Å². The number of thioether (sulfide) groups is 1. The maximum absolute atomic E-state index is 14.0. The van der Waals surface area contributed by atoms with Crippen LogP contribution in [0.3, 0.4) is 0 Å². The number of alkyl halides is 1. The van der Waals surface area contributed by atoms with Crippen LogP contribution in [0.5, 0.6) is 5.88 Å². The highest BCUT2D eigenvalue weighted by molar-refractivity contribution is 8.13. The lowest BCUT2D eigenvalue weighted by molar-refractivity contribution is -0.118. The van der Waals surface area contributed by atoms with E-state index in [1.54, 1.807) is 27.7 Å². The number of aliphatic hydroxyl groups is 1. The highest BCUT2D eigenvalue weighted by Gasteiger charge is 2.54. The number of alkyl carbamates (subject to hydrolysis) is 1. The summed E-state index contributed by atoms with van der Waals surface area (Å²) < 4.78 is 43.4. The third-order valence-corrected chi connectivity index (χ3v) is 10.9. The minimum Gasteiger partial charge on any atom is -0.476 e. The summed E-state index contributed by atoms with van der Waals surface area (Å²) >= 11 is 7.88. The van der Waals surface area contributed by atoms with Gasteiger partial charge in [-0.15, -0.1) is 11.6 Å². The van der Waals surface area contributed by atoms with Crippen molar-refractivity contribution in [3.8, 4) is 5.88 Å². The molecule has 1 aromatic carbocycles. The van der Waals surface area contributed by atoms with E-state index in [0.717, 1.165) is 17.3 Å². The summed E-state index contributed by atoms with van der Waals surface area (Å²) in [7, 11) is -2.76. The first-order valence-electron chi connectivity index (χ1n) is 15.5. The summed E-state index contributed by atoms with van der Waals surface area (Å²) in [6.07, 6.45) is -2.06. The van der Waals surface area contributed by atoms with E-state index in [0.29, 0.717) is 18.5 Å². The minimum absolute atomic E-state index is 0.0472. The second-order valence-electron chi connectivity index (χ2n) is 11.9. The van der Waals surface area contributed by atoms with Gasteiger partial charge in [0.25, 0.3) is 0 Å². The molecule has 16 nitrogen and oxygen atoms in total. The lowest BCUT2D eigenvalue weighted by Crippen LogP contribution is -2.40. The maximum Gasteiger partial charge on any atom is 0.406 e. The van der Waals surface area contributed by atoms with Crippen LogP contribution in [0.1, 0.15) is 45.9 Å². The van der Waals surface area contributed by atoms with Gasteiger partial charge in [0.05, 0.1) is 33.3 Å². The molecule has 3 heterocycles. The zero-order valence-electron chi connectivity index (χ0n) is 28.0. The number of halogens is 1. The Morgan fingerprint density at radius 2 is 1.98 bits per heavy atom. The number of carbonyl (C=O) groups is 2. The number of carbonyl (C=O) groups excluding carboxylic acids is 2. The molecule has 1 fully saturated rings. The summed E-state index contributed by atoms with van der Waals surface area (Å²) in [4.78, 5) is 35.6. The van der Waals surface area contributed by atoms with Gasteiger partial charge in [0.1, 0.15) is 17.1 Å². The summed E-state index contributed by atoms with van der Waals surface area (Å²) in [6, 6.07) is 9.23. The number of nitrogens with zero attached hydrogens (tertiary/aromatic N) is 4. The standard InChI is InChI=1S/C30H43ClN7O9PS/c1-6-44-24-21-23(36-27(32)37-24)38(18-34-21)25-30(4,31)22(39)20(47-25)17-46-48(42,35-16-19-10-8-7-9-11-19)45-14-15-49-26(40)29(2,3)12-13-33-28(41)43-5/h7-11,18,20,22,25,39H,6,12-17H2,1-5H3,(H,33,41)(H,35,42)(H2,32,36,37)/t20-,22-,25-,30-,48?/m1/s1. The second kappa shape index (κ2) is 16.8. The lowest BCUT2D eigenvalue weighted by atomic mass is 9.91. The number of nitrogen functional groups attached to an aromatic ring is 1. The molecular weight excluding hydrogens is 701 g/mol. The molecule has 1 aliphatic heterocycles. The molecule has 19 heteroatoms. The molecule has 0 bridgehead atoms. The van der Waals surface area contributed by atoms with Gasteiger partial charge in [-0.2, -0.15) is 9.97 Å². The first-order valence-corrected chi connectivity index (χ1v) is 18.4.